The van der Waals surface area contributed by atoms with Crippen LogP contribution in [0.4, 0.5) is 22.0 Å². The van der Waals surface area contributed by atoms with Crippen LogP contribution >= 0.6 is 12.2 Å². The monoisotopic (exact) mass is 484 g/mol. The van der Waals surface area contributed by atoms with Gasteiger partial charge in [-0.2, -0.15) is 0 Å². The molecule has 0 bridgehead atoms. The number of nitrogens with one attached hydrogen (secondary N) is 3. The molecule has 0 atom stereocenters. The number of sulfonamides is 1. The molecule has 4 aromatic rings. The minimum atomic E-state index is -3.83. The Hall–Kier alpha value is -3.97. The van der Waals surface area contributed by atoms with Crippen molar-refractivity contribution in [3.8, 4) is 0 Å². The number of halogens is 1. The Bertz CT molecular complexity index is 1360. The molecule has 33 heavy (non-hydrogen) atoms. The number of anilines is 3. The highest BCUT2D eigenvalue weighted by molar-refractivity contribution is 7.92. The Balaban J connectivity index is 1.34. The number of hydrogen-bond donors (Lipinski definition) is 3. The maximum Gasteiger partial charge on any atom is 0.264 e. The van der Waals surface area contributed by atoms with Gasteiger partial charge < -0.3 is 5.32 Å². The minimum absolute atomic E-state index is 0.0213. The summed E-state index contributed by atoms with van der Waals surface area (Å²) in [5.41, 5.74) is 1.03. The van der Waals surface area contributed by atoms with Crippen molar-refractivity contribution in [3.05, 3.63) is 84.7 Å². The molecule has 0 unspecified atom stereocenters. The van der Waals surface area contributed by atoms with Crippen LogP contribution in [0, 0.1) is 5.82 Å². The molecular formula is C20H17FN8O2S2. The topological polar surface area (TPSA) is 127 Å². The normalized spacial score (nSPS) is 11.1. The van der Waals surface area contributed by atoms with Gasteiger partial charge in [-0.1, -0.05) is 18.2 Å². The third-order valence-corrected chi connectivity index (χ3v) is 5.81. The maximum atomic E-state index is 13.8. The molecule has 0 aliphatic heterocycles. The van der Waals surface area contributed by atoms with Crippen LogP contribution in [0.25, 0.3) is 0 Å². The van der Waals surface area contributed by atoms with Gasteiger partial charge in [-0.25, -0.2) is 37.2 Å². The summed E-state index contributed by atoms with van der Waals surface area (Å²) in [6, 6.07) is 13.9. The largest absolute Gasteiger partial charge is 0.332 e. The Morgan fingerprint density at radius 1 is 0.939 bits per heavy atom. The third-order valence-electron chi connectivity index (χ3n) is 4.27. The summed E-state index contributed by atoms with van der Waals surface area (Å²) in [7, 11) is -3.83. The van der Waals surface area contributed by atoms with Crippen LogP contribution in [0.5, 0.6) is 0 Å². The van der Waals surface area contributed by atoms with E-state index in [-0.39, 0.29) is 34.3 Å². The zero-order valence-corrected chi connectivity index (χ0v) is 18.5. The summed E-state index contributed by atoms with van der Waals surface area (Å²) >= 11 is 5.25. The lowest BCUT2D eigenvalue weighted by atomic mass is 10.2. The van der Waals surface area contributed by atoms with E-state index in [9.17, 15) is 12.8 Å². The minimum Gasteiger partial charge on any atom is -0.332 e. The van der Waals surface area contributed by atoms with E-state index in [1.165, 1.54) is 41.6 Å². The highest BCUT2D eigenvalue weighted by atomic mass is 32.2. The fourth-order valence-electron chi connectivity index (χ4n) is 2.74. The quantitative estimate of drug-likeness (QED) is 0.339. The fourth-order valence-corrected chi connectivity index (χ4v) is 3.91. The van der Waals surface area contributed by atoms with Crippen LogP contribution in [0.2, 0.25) is 0 Å². The molecule has 0 fully saturated rings. The van der Waals surface area contributed by atoms with Gasteiger partial charge in [-0.3, -0.25) is 5.32 Å². The van der Waals surface area contributed by atoms with Crippen molar-refractivity contribution >= 4 is 44.9 Å². The molecule has 3 N–H and O–H groups in total. The first-order valence-electron chi connectivity index (χ1n) is 9.50. The third kappa shape index (κ3) is 5.84. The van der Waals surface area contributed by atoms with Crippen molar-refractivity contribution in [2.45, 2.75) is 11.4 Å². The summed E-state index contributed by atoms with van der Waals surface area (Å²) < 4.78 is 42.4. The van der Waals surface area contributed by atoms with Gasteiger partial charge in [0.15, 0.2) is 5.11 Å². The van der Waals surface area contributed by atoms with Gasteiger partial charge in [0.05, 0.1) is 11.4 Å². The molecule has 0 aliphatic rings. The lowest BCUT2D eigenvalue weighted by Gasteiger charge is -2.10. The average molecular weight is 485 g/mol. The van der Waals surface area contributed by atoms with Crippen molar-refractivity contribution in [2.75, 3.05) is 15.4 Å². The number of hydrogen-bond acceptors (Lipinski definition) is 7. The van der Waals surface area contributed by atoms with E-state index < -0.39 is 10.0 Å². The van der Waals surface area contributed by atoms with Crippen LogP contribution in [0.1, 0.15) is 5.56 Å². The van der Waals surface area contributed by atoms with Crippen molar-refractivity contribution < 1.29 is 12.8 Å². The lowest BCUT2D eigenvalue weighted by Crippen LogP contribution is -2.20. The second-order valence-corrected chi connectivity index (χ2v) is 8.73. The molecule has 0 spiro atoms. The average Bonchev–Trinajstić information content (AvgIpc) is 3.22. The van der Waals surface area contributed by atoms with Gasteiger partial charge in [0.2, 0.25) is 11.9 Å². The summed E-state index contributed by atoms with van der Waals surface area (Å²) in [6.45, 7) is 0.222. The van der Waals surface area contributed by atoms with Crippen LogP contribution in [0.15, 0.2) is 78.2 Å². The first-order chi connectivity index (χ1) is 15.9. The highest BCUT2D eigenvalue weighted by Crippen LogP contribution is 2.17. The predicted molar refractivity (Wildman–Crippen MR) is 125 cm³/mol. The van der Waals surface area contributed by atoms with E-state index in [1.807, 2.05) is 0 Å². The molecule has 2 heterocycles. The molecule has 2 aromatic carbocycles. The molecule has 0 aliphatic carbocycles. The SMILES string of the molecule is O=S(=O)(Nc1ncccn1)c1ccc(NC(=S)Nc2ncn(Cc3ccccc3F)n2)cc1. The lowest BCUT2D eigenvalue weighted by molar-refractivity contribution is 0.585. The Kier molecular flexibility index (Phi) is 6.51. The van der Waals surface area contributed by atoms with Crippen molar-refractivity contribution in [1.29, 1.82) is 0 Å². The Morgan fingerprint density at radius 3 is 2.39 bits per heavy atom. The standard InChI is InChI=1S/C20H17FN8O2S2/c21-17-5-2-1-4-14(17)12-29-13-24-19(27-29)26-20(32)25-15-6-8-16(9-7-15)33(30,31)28-18-22-10-3-11-23-18/h1-11,13H,12H2,(H,22,23,28)(H2,25,26,27,32). The van der Waals surface area contributed by atoms with E-state index in [0.29, 0.717) is 11.3 Å². The Morgan fingerprint density at radius 2 is 1.67 bits per heavy atom. The number of benzene rings is 2. The second-order valence-electron chi connectivity index (χ2n) is 6.64. The summed E-state index contributed by atoms with van der Waals surface area (Å²) in [5, 5.41) is 10.2. The van der Waals surface area contributed by atoms with Crippen LogP contribution in [-0.2, 0) is 16.6 Å². The highest BCUT2D eigenvalue weighted by Gasteiger charge is 2.15. The van der Waals surface area contributed by atoms with Gasteiger partial charge in [0.1, 0.15) is 12.1 Å². The van der Waals surface area contributed by atoms with Gasteiger partial charge in [-0.15, -0.1) is 5.10 Å². The molecule has 2 aromatic heterocycles. The molecule has 0 saturated carbocycles. The van der Waals surface area contributed by atoms with Crippen LogP contribution in [0.3, 0.4) is 0 Å². The first kappa shape index (κ1) is 22.2. The number of rotatable bonds is 7. The summed E-state index contributed by atoms with van der Waals surface area (Å²) in [6.07, 6.45) is 4.33. The van der Waals surface area contributed by atoms with Crippen molar-refractivity contribution in [3.63, 3.8) is 0 Å². The number of nitrogens with zero attached hydrogens (tertiary/aromatic N) is 5. The van der Waals surface area contributed by atoms with E-state index >= 15 is 0 Å². The molecule has 10 nitrogen and oxygen atoms in total. The zero-order chi connectivity index (χ0) is 23.3. The van der Waals surface area contributed by atoms with E-state index in [2.05, 4.69) is 35.4 Å². The van der Waals surface area contributed by atoms with Crippen LogP contribution < -0.4 is 15.4 Å². The number of thiocarbonyl (C=S) groups is 1. The molecular weight excluding hydrogens is 467 g/mol. The summed E-state index contributed by atoms with van der Waals surface area (Å²) in [4.78, 5) is 11.8. The van der Waals surface area contributed by atoms with Gasteiger partial charge in [0, 0.05) is 23.6 Å². The Labute approximate surface area is 194 Å². The molecule has 0 radical (unpaired) electrons. The smallest absolute Gasteiger partial charge is 0.264 e. The molecule has 168 valence electrons. The second kappa shape index (κ2) is 9.67. The fraction of sp³-hybridized carbons (Fsp3) is 0.0500. The first-order valence-corrected chi connectivity index (χ1v) is 11.4. The summed E-state index contributed by atoms with van der Waals surface area (Å²) in [5.74, 6) is -0.112. The van der Waals surface area contributed by atoms with Crippen LogP contribution in [-0.4, -0.2) is 38.3 Å². The maximum absolute atomic E-state index is 13.8. The van der Waals surface area contributed by atoms with Crippen molar-refractivity contribution in [1.82, 2.24) is 24.7 Å². The predicted octanol–water partition coefficient (Wildman–Crippen LogP) is 2.87. The molecule has 13 heteroatoms. The van der Waals surface area contributed by atoms with Gasteiger partial charge in [-0.05, 0) is 48.6 Å². The van der Waals surface area contributed by atoms with Gasteiger partial charge in [0.25, 0.3) is 10.0 Å². The van der Waals surface area contributed by atoms with Gasteiger partial charge >= 0.3 is 0 Å². The van der Waals surface area contributed by atoms with Crippen molar-refractivity contribution in [2.24, 2.45) is 0 Å². The zero-order valence-electron chi connectivity index (χ0n) is 16.9. The molecule has 0 amide bonds. The molecule has 4 rings (SSSR count). The number of aromatic nitrogens is 5. The van der Waals surface area contributed by atoms with E-state index in [1.54, 1.807) is 36.4 Å². The van der Waals surface area contributed by atoms with E-state index in [0.717, 1.165) is 0 Å². The van der Waals surface area contributed by atoms with E-state index in [4.69, 9.17) is 12.2 Å². The molecule has 0 saturated heterocycles.